The number of para-hydroxylation sites is 1. The van der Waals surface area contributed by atoms with Crippen molar-refractivity contribution in [1.82, 2.24) is 4.98 Å². The van der Waals surface area contributed by atoms with E-state index in [1.54, 1.807) is 72.8 Å². The Hall–Kier alpha value is -6.21. The van der Waals surface area contributed by atoms with E-state index in [0.717, 1.165) is 21.6 Å². The van der Waals surface area contributed by atoms with Gasteiger partial charge in [-0.2, -0.15) is 0 Å². The van der Waals surface area contributed by atoms with Gasteiger partial charge in [-0.15, -0.1) is 0 Å². The highest BCUT2D eigenvalue weighted by molar-refractivity contribution is 6.34. The van der Waals surface area contributed by atoms with Crippen molar-refractivity contribution in [1.29, 1.82) is 0 Å². The fourth-order valence-electron chi connectivity index (χ4n) is 5.69. The lowest BCUT2D eigenvalue weighted by molar-refractivity contribution is 0.0476. The van der Waals surface area contributed by atoms with E-state index in [2.05, 4.69) is 0 Å². The molecule has 0 saturated carbocycles. The SMILES string of the molecule is Cc1cccc2c(C(=O)OCC(=O)c3ccc(-c4ccccc4)cc3)cc(-c3ccc(N4C(=O)c5ccccc5C4=O)cc3)nc12. The van der Waals surface area contributed by atoms with Gasteiger partial charge in [0.25, 0.3) is 11.8 Å². The highest BCUT2D eigenvalue weighted by Crippen LogP contribution is 2.32. The number of aromatic nitrogens is 1. The van der Waals surface area contributed by atoms with Crippen molar-refractivity contribution in [3.8, 4) is 22.4 Å². The number of aryl methyl sites for hydroxylation is 1. The van der Waals surface area contributed by atoms with E-state index in [-0.39, 0.29) is 23.2 Å². The lowest BCUT2D eigenvalue weighted by Crippen LogP contribution is -2.29. The number of esters is 1. The number of hydrogen-bond donors (Lipinski definition) is 0. The van der Waals surface area contributed by atoms with E-state index in [9.17, 15) is 19.2 Å². The number of pyridine rings is 1. The zero-order valence-electron chi connectivity index (χ0n) is 24.8. The molecule has 0 N–H and O–H groups in total. The van der Waals surface area contributed by atoms with Crippen LogP contribution in [0.25, 0.3) is 33.3 Å². The minimum atomic E-state index is -0.642. The number of rotatable bonds is 7. The molecule has 0 fully saturated rings. The van der Waals surface area contributed by atoms with Gasteiger partial charge >= 0.3 is 5.97 Å². The number of imide groups is 1. The first-order valence-corrected chi connectivity index (χ1v) is 14.7. The number of Topliss-reactive ketones (excluding diaryl/α,β-unsaturated/α-hetero) is 1. The Balaban J connectivity index is 1.13. The number of nitrogens with zero attached hydrogens (tertiary/aromatic N) is 2. The summed E-state index contributed by atoms with van der Waals surface area (Å²) < 4.78 is 5.54. The molecule has 46 heavy (non-hydrogen) atoms. The van der Waals surface area contributed by atoms with Crippen molar-refractivity contribution in [3.63, 3.8) is 0 Å². The largest absolute Gasteiger partial charge is 0.454 e. The molecule has 0 aliphatic carbocycles. The minimum Gasteiger partial charge on any atom is -0.454 e. The number of carbonyl (C=O) groups excluding carboxylic acids is 4. The standard InChI is InChI=1S/C39H26N2O5/c1-24-8-7-13-30-33(39(45)46-23-35(42)28-16-14-26(15-17-28)25-9-3-2-4-10-25)22-34(40-36(24)30)27-18-20-29(21-19-27)41-37(43)31-11-5-6-12-32(31)38(41)44/h2-22H,23H2,1H3. The van der Waals surface area contributed by atoms with Crippen molar-refractivity contribution in [2.45, 2.75) is 6.92 Å². The Kier molecular flexibility index (Phi) is 7.27. The van der Waals surface area contributed by atoms with Crippen molar-refractivity contribution in [3.05, 3.63) is 155 Å². The molecule has 6 aromatic rings. The molecule has 0 radical (unpaired) electrons. The van der Waals surface area contributed by atoms with Crippen LogP contribution in [0, 0.1) is 6.92 Å². The molecule has 0 saturated heterocycles. The third-order valence-corrected chi connectivity index (χ3v) is 8.12. The van der Waals surface area contributed by atoms with Crippen LogP contribution in [0.15, 0.2) is 127 Å². The number of carbonyl (C=O) groups is 4. The molecule has 2 amide bonds. The molecule has 2 heterocycles. The minimum absolute atomic E-state index is 0.278. The van der Waals surface area contributed by atoms with Crippen LogP contribution < -0.4 is 4.90 Å². The van der Waals surface area contributed by atoms with Gasteiger partial charge in [-0.3, -0.25) is 14.4 Å². The van der Waals surface area contributed by atoms with Crippen LogP contribution in [0.3, 0.4) is 0 Å². The summed E-state index contributed by atoms with van der Waals surface area (Å²) in [6.07, 6.45) is 0. The van der Waals surface area contributed by atoms with Gasteiger partial charge in [-0.05, 0) is 53.9 Å². The number of hydrogen-bond acceptors (Lipinski definition) is 6. The van der Waals surface area contributed by atoms with E-state index >= 15 is 0 Å². The summed E-state index contributed by atoms with van der Waals surface area (Å²) >= 11 is 0. The second-order valence-electron chi connectivity index (χ2n) is 11.0. The normalized spacial score (nSPS) is 12.3. The maximum absolute atomic E-state index is 13.5. The number of anilines is 1. The molecule has 5 aromatic carbocycles. The Bertz CT molecular complexity index is 2140. The van der Waals surface area contributed by atoms with E-state index in [1.165, 1.54) is 0 Å². The fourth-order valence-corrected chi connectivity index (χ4v) is 5.69. The van der Waals surface area contributed by atoms with Gasteiger partial charge in [0.15, 0.2) is 12.4 Å². The second-order valence-corrected chi connectivity index (χ2v) is 11.0. The molecule has 0 unspecified atom stereocenters. The van der Waals surface area contributed by atoms with Gasteiger partial charge in [0.2, 0.25) is 0 Å². The molecule has 222 valence electrons. The predicted octanol–water partition coefficient (Wildman–Crippen LogP) is 7.72. The Labute approximate surface area is 264 Å². The molecule has 7 nitrogen and oxygen atoms in total. The highest BCUT2D eigenvalue weighted by atomic mass is 16.5. The zero-order valence-corrected chi connectivity index (χ0v) is 24.8. The van der Waals surface area contributed by atoms with Crippen LogP contribution in [0.5, 0.6) is 0 Å². The Morgan fingerprint density at radius 1 is 0.674 bits per heavy atom. The van der Waals surface area contributed by atoms with Gasteiger partial charge < -0.3 is 4.74 Å². The summed E-state index contributed by atoms with van der Waals surface area (Å²) in [6, 6.07) is 37.8. The fraction of sp³-hybridized carbons (Fsp3) is 0.0513. The smallest absolute Gasteiger partial charge is 0.339 e. The lowest BCUT2D eigenvalue weighted by atomic mass is 10.0. The number of amides is 2. The van der Waals surface area contributed by atoms with Crippen LogP contribution in [-0.4, -0.2) is 35.2 Å². The molecular formula is C39H26N2O5. The lowest BCUT2D eigenvalue weighted by Gasteiger charge is -2.15. The summed E-state index contributed by atoms with van der Waals surface area (Å²) in [5.41, 5.74) is 6.59. The average Bonchev–Trinajstić information content (AvgIpc) is 3.36. The molecule has 7 rings (SSSR count). The highest BCUT2D eigenvalue weighted by Gasteiger charge is 2.36. The molecule has 0 atom stereocenters. The van der Waals surface area contributed by atoms with E-state index in [0.29, 0.717) is 44.5 Å². The van der Waals surface area contributed by atoms with Crippen molar-refractivity contribution >= 4 is 40.2 Å². The molecule has 0 bridgehead atoms. The average molecular weight is 603 g/mol. The molecule has 1 aliphatic rings. The molecule has 0 spiro atoms. The van der Waals surface area contributed by atoms with E-state index in [4.69, 9.17) is 9.72 Å². The first kappa shape index (κ1) is 28.6. The van der Waals surface area contributed by atoms with Gasteiger partial charge in [-0.25, -0.2) is 14.7 Å². The molecular weight excluding hydrogens is 576 g/mol. The zero-order chi connectivity index (χ0) is 31.8. The number of ether oxygens (including phenoxy) is 1. The molecule has 1 aliphatic heterocycles. The van der Waals surface area contributed by atoms with Gasteiger partial charge in [-0.1, -0.05) is 97.1 Å². The first-order chi connectivity index (χ1) is 22.4. The maximum Gasteiger partial charge on any atom is 0.339 e. The van der Waals surface area contributed by atoms with Gasteiger partial charge in [0.05, 0.1) is 33.6 Å². The van der Waals surface area contributed by atoms with Crippen LogP contribution >= 0.6 is 0 Å². The monoisotopic (exact) mass is 602 g/mol. The van der Waals surface area contributed by atoms with E-state index < -0.39 is 12.6 Å². The van der Waals surface area contributed by atoms with Crippen LogP contribution in [0.1, 0.15) is 47.0 Å². The maximum atomic E-state index is 13.5. The second kappa shape index (κ2) is 11.7. The third-order valence-electron chi connectivity index (χ3n) is 8.12. The third kappa shape index (κ3) is 5.14. The number of ketones is 1. The Morgan fingerprint density at radius 2 is 1.28 bits per heavy atom. The van der Waals surface area contributed by atoms with Crippen molar-refractivity contribution in [2.75, 3.05) is 11.5 Å². The van der Waals surface area contributed by atoms with Crippen LogP contribution in [0.4, 0.5) is 5.69 Å². The predicted molar refractivity (Wildman–Crippen MR) is 176 cm³/mol. The summed E-state index contributed by atoms with van der Waals surface area (Å²) in [7, 11) is 0. The number of fused-ring (bicyclic) bond motifs is 2. The van der Waals surface area contributed by atoms with Crippen molar-refractivity contribution in [2.24, 2.45) is 0 Å². The molecule has 1 aromatic heterocycles. The van der Waals surface area contributed by atoms with Crippen LogP contribution in [0.2, 0.25) is 0 Å². The van der Waals surface area contributed by atoms with Crippen LogP contribution in [-0.2, 0) is 4.74 Å². The first-order valence-electron chi connectivity index (χ1n) is 14.7. The topological polar surface area (TPSA) is 93.6 Å². The quantitative estimate of drug-likeness (QED) is 0.106. The summed E-state index contributed by atoms with van der Waals surface area (Å²) in [6.45, 7) is 1.49. The van der Waals surface area contributed by atoms with Gasteiger partial charge in [0, 0.05) is 16.5 Å². The number of benzene rings is 5. The van der Waals surface area contributed by atoms with E-state index in [1.807, 2.05) is 61.5 Å². The van der Waals surface area contributed by atoms with Crippen molar-refractivity contribution < 1.29 is 23.9 Å². The summed E-state index contributed by atoms with van der Waals surface area (Å²) in [5.74, 6) is -1.71. The van der Waals surface area contributed by atoms with Gasteiger partial charge in [0.1, 0.15) is 0 Å². The summed E-state index contributed by atoms with van der Waals surface area (Å²) in [4.78, 5) is 58.3. The molecule has 7 heteroatoms. The summed E-state index contributed by atoms with van der Waals surface area (Å²) in [5, 5.41) is 0.607. The Morgan fingerprint density at radius 3 is 1.96 bits per heavy atom.